The van der Waals surface area contributed by atoms with Crippen LogP contribution in [-0.2, 0) is 17.7 Å². The highest BCUT2D eigenvalue weighted by molar-refractivity contribution is 5.95. The Hall–Kier alpha value is -2.86. The predicted octanol–water partition coefficient (Wildman–Crippen LogP) is 2.75. The number of urea groups is 1. The molecule has 1 fully saturated rings. The highest BCUT2D eigenvalue weighted by Gasteiger charge is 2.21. The number of morpholine rings is 1. The molecule has 2 aromatic carbocycles. The van der Waals surface area contributed by atoms with Gasteiger partial charge in [0.15, 0.2) is 0 Å². The van der Waals surface area contributed by atoms with Crippen molar-refractivity contribution in [1.82, 2.24) is 9.80 Å². The van der Waals surface area contributed by atoms with E-state index in [1.807, 2.05) is 17.0 Å². The normalized spacial score (nSPS) is 16.6. The van der Waals surface area contributed by atoms with E-state index in [0.29, 0.717) is 50.6 Å². The zero-order valence-corrected chi connectivity index (χ0v) is 15.2. The summed E-state index contributed by atoms with van der Waals surface area (Å²) in [5, 5.41) is 2.93. The Morgan fingerprint density at radius 2 is 1.56 bits per heavy atom. The Kier molecular flexibility index (Phi) is 5.07. The van der Waals surface area contributed by atoms with Crippen molar-refractivity contribution >= 4 is 17.6 Å². The Bertz CT molecular complexity index is 829. The van der Waals surface area contributed by atoms with Gasteiger partial charge < -0.3 is 19.9 Å². The van der Waals surface area contributed by atoms with Gasteiger partial charge in [0.05, 0.1) is 13.2 Å². The van der Waals surface area contributed by atoms with Crippen molar-refractivity contribution in [2.45, 2.75) is 13.0 Å². The van der Waals surface area contributed by atoms with Gasteiger partial charge in [-0.2, -0.15) is 0 Å². The topological polar surface area (TPSA) is 61.9 Å². The van der Waals surface area contributed by atoms with Gasteiger partial charge in [0.25, 0.3) is 5.91 Å². The number of nitrogens with one attached hydrogen (secondary N) is 1. The first-order valence-corrected chi connectivity index (χ1v) is 9.30. The van der Waals surface area contributed by atoms with Gasteiger partial charge >= 0.3 is 6.03 Å². The minimum Gasteiger partial charge on any atom is -0.378 e. The average molecular weight is 365 g/mol. The number of rotatable bonds is 2. The highest BCUT2D eigenvalue weighted by Crippen LogP contribution is 2.20. The molecule has 0 saturated carbocycles. The maximum absolute atomic E-state index is 12.6. The molecule has 0 radical (unpaired) electrons. The number of ether oxygens (including phenoxy) is 1. The van der Waals surface area contributed by atoms with Gasteiger partial charge in [-0.25, -0.2) is 4.79 Å². The van der Waals surface area contributed by atoms with Crippen LogP contribution in [0.4, 0.5) is 10.5 Å². The van der Waals surface area contributed by atoms with Crippen LogP contribution in [0.25, 0.3) is 0 Å². The molecule has 4 rings (SSSR count). The molecule has 27 heavy (non-hydrogen) atoms. The summed E-state index contributed by atoms with van der Waals surface area (Å²) in [6.07, 6.45) is 0.872. The molecule has 2 aliphatic rings. The molecule has 6 nitrogen and oxygen atoms in total. The lowest BCUT2D eigenvalue weighted by Crippen LogP contribution is -2.40. The smallest absolute Gasteiger partial charge is 0.322 e. The fourth-order valence-corrected chi connectivity index (χ4v) is 3.52. The summed E-state index contributed by atoms with van der Waals surface area (Å²) in [5.74, 6) is 0.00353. The van der Waals surface area contributed by atoms with E-state index in [9.17, 15) is 9.59 Å². The van der Waals surface area contributed by atoms with Crippen molar-refractivity contribution in [3.05, 3.63) is 65.2 Å². The fraction of sp³-hybridized carbons (Fsp3) is 0.333. The summed E-state index contributed by atoms with van der Waals surface area (Å²) in [5.41, 5.74) is 3.83. The number of hydrogen-bond donors (Lipinski definition) is 1. The maximum atomic E-state index is 12.6. The van der Waals surface area contributed by atoms with E-state index in [2.05, 4.69) is 17.4 Å². The third-order valence-corrected chi connectivity index (χ3v) is 5.10. The Balaban J connectivity index is 1.37. The number of benzene rings is 2. The lowest BCUT2D eigenvalue weighted by Gasteiger charge is -2.29. The number of nitrogens with zero attached hydrogens (tertiary/aromatic N) is 2. The van der Waals surface area contributed by atoms with E-state index >= 15 is 0 Å². The second-order valence-electron chi connectivity index (χ2n) is 6.85. The maximum Gasteiger partial charge on any atom is 0.322 e. The van der Waals surface area contributed by atoms with Gasteiger partial charge in [-0.3, -0.25) is 4.79 Å². The quantitative estimate of drug-likeness (QED) is 0.890. The molecule has 1 saturated heterocycles. The van der Waals surface area contributed by atoms with Crippen LogP contribution in [0.5, 0.6) is 0 Å². The van der Waals surface area contributed by atoms with Crippen LogP contribution in [0.1, 0.15) is 21.5 Å². The molecule has 0 unspecified atom stereocenters. The van der Waals surface area contributed by atoms with Gasteiger partial charge in [0.2, 0.25) is 0 Å². The lowest BCUT2D eigenvalue weighted by molar-refractivity contribution is 0.0303. The first-order valence-electron chi connectivity index (χ1n) is 9.30. The molecule has 0 bridgehead atoms. The third kappa shape index (κ3) is 3.95. The predicted molar refractivity (Wildman–Crippen MR) is 103 cm³/mol. The summed E-state index contributed by atoms with van der Waals surface area (Å²) in [6, 6.07) is 15.2. The second kappa shape index (κ2) is 7.80. The number of hydrogen-bond acceptors (Lipinski definition) is 3. The summed E-state index contributed by atoms with van der Waals surface area (Å²) < 4.78 is 5.28. The van der Waals surface area contributed by atoms with Crippen molar-refractivity contribution in [3.63, 3.8) is 0 Å². The minimum atomic E-state index is -0.114. The van der Waals surface area contributed by atoms with E-state index in [4.69, 9.17) is 4.74 Å². The van der Waals surface area contributed by atoms with Crippen molar-refractivity contribution in [1.29, 1.82) is 0 Å². The molecule has 0 aromatic heterocycles. The fourth-order valence-electron chi connectivity index (χ4n) is 3.52. The molecule has 2 aromatic rings. The molecule has 0 spiro atoms. The molecule has 2 aliphatic heterocycles. The van der Waals surface area contributed by atoms with Gasteiger partial charge in [-0.1, -0.05) is 24.3 Å². The standard InChI is InChI=1S/C21H23N3O3/c25-20(23-11-13-27-14-12-23)17-5-7-19(8-6-17)22-21(26)24-10-9-16-3-1-2-4-18(16)15-24/h1-8H,9-15H2,(H,22,26). The molecule has 140 valence electrons. The van der Waals surface area contributed by atoms with Crippen LogP contribution in [0.3, 0.4) is 0 Å². The van der Waals surface area contributed by atoms with Gasteiger partial charge in [0, 0.05) is 37.4 Å². The van der Waals surface area contributed by atoms with Crippen LogP contribution in [0.2, 0.25) is 0 Å². The number of anilines is 1. The number of fused-ring (bicyclic) bond motifs is 1. The van der Waals surface area contributed by atoms with E-state index in [-0.39, 0.29) is 11.9 Å². The number of carbonyl (C=O) groups is 2. The van der Waals surface area contributed by atoms with E-state index in [1.54, 1.807) is 29.2 Å². The van der Waals surface area contributed by atoms with Crippen molar-refractivity contribution < 1.29 is 14.3 Å². The Morgan fingerprint density at radius 3 is 2.30 bits per heavy atom. The second-order valence-corrected chi connectivity index (χ2v) is 6.85. The van der Waals surface area contributed by atoms with Crippen LogP contribution in [0, 0.1) is 0 Å². The van der Waals surface area contributed by atoms with Crippen LogP contribution in [0.15, 0.2) is 48.5 Å². The molecule has 6 heteroatoms. The SMILES string of the molecule is O=C(Nc1ccc(C(=O)N2CCOCC2)cc1)N1CCc2ccccc2C1. The molecular formula is C21H23N3O3. The van der Waals surface area contributed by atoms with E-state index in [0.717, 1.165) is 6.42 Å². The average Bonchev–Trinajstić information content (AvgIpc) is 2.74. The van der Waals surface area contributed by atoms with E-state index in [1.165, 1.54) is 11.1 Å². The van der Waals surface area contributed by atoms with Crippen LogP contribution < -0.4 is 5.32 Å². The molecule has 0 aliphatic carbocycles. The number of amides is 3. The number of carbonyl (C=O) groups excluding carboxylic acids is 2. The van der Waals surface area contributed by atoms with Gasteiger partial charge in [0.1, 0.15) is 0 Å². The van der Waals surface area contributed by atoms with Crippen molar-refractivity contribution in [3.8, 4) is 0 Å². The Morgan fingerprint density at radius 1 is 0.852 bits per heavy atom. The molecule has 3 amide bonds. The zero-order chi connectivity index (χ0) is 18.6. The summed E-state index contributed by atoms with van der Waals surface area (Å²) >= 11 is 0. The molecule has 2 heterocycles. The first-order chi connectivity index (χ1) is 13.2. The highest BCUT2D eigenvalue weighted by atomic mass is 16.5. The van der Waals surface area contributed by atoms with Crippen molar-refractivity contribution in [2.75, 3.05) is 38.2 Å². The molecule has 1 N–H and O–H groups in total. The molecular weight excluding hydrogens is 342 g/mol. The van der Waals surface area contributed by atoms with Crippen molar-refractivity contribution in [2.24, 2.45) is 0 Å². The Labute approximate surface area is 158 Å². The summed E-state index contributed by atoms with van der Waals surface area (Å²) in [6.45, 7) is 3.73. The van der Waals surface area contributed by atoms with E-state index < -0.39 is 0 Å². The third-order valence-electron chi connectivity index (χ3n) is 5.10. The largest absolute Gasteiger partial charge is 0.378 e. The summed E-state index contributed by atoms with van der Waals surface area (Å²) in [4.78, 5) is 28.6. The molecule has 0 atom stereocenters. The lowest BCUT2D eigenvalue weighted by atomic mass is 10.0. The first kappa shape index (κ1) is 17.5. The van der Waals surface area contributed by atoms with Gasteiger partial charge in [-0.15, -0.1) is 0 Å². The van der Waals surface area contributed by atoms with Crippen LogP contribution in [-0.4, -0.2) is 54.6 Å². The minimum absolute atomic E-state index is 0.00353. The summed E-state index contributed by atoms with van der Waals surface area (Å²) in [7, 11) is 0. The van der Waals surface area contributed by atoms with Crippen LogP contribution >= 0.6 is 0 Å². The zero-order valence-electron chi connectivity index (χ0n) is 15.2. The van der Waals surface area contributed by atoms with Gasteiger partial charge in [-0.05, 0) is 41.8 Å². The monoisotopic (exact) mass is 365 g/mol.